The highest BCUT2D eigenvalue weighted by Gasteiger charge is 2.35. The molecule has 0 fully saturated rings. The van der Waals surface area contributed by atoms with Gasteiger partial charge in [0.1, 0.15) is 24.0 Å². The second kappa shape index (κ2) is 15.2. The number of benzene rings is 3. The predicted octanol–water partition coefficient (Wildman–Crippen LogP) is 5.23. The van der Waals surface area contributed by atoms with Crippen molar-refractivity contribution in [3.05, 3.63) is 98.0 Å². The van der Waals surface area contributed by atoms with Gasteiger partial charge in [-0.2, -0.15) is 0 Å². The minimum absolute atomic E-state index is 0.00938. The highest BCUT2D eigenvalue weighted by molar-refractivity contribution is 7.92. The Hall–Kier alpha value is -3.87. The number of hydrogen-bond donors (Lipinski definition) is 1. The lowest BCUT2D eigenvalue weighted by Gasteiger charge is -2.34. The van der Waals surface area contributed by atoms with E-state index in [9.17, 15) is 28.1 Å². The van der Waals surface area contributed by atoms with E-state index in [1.165, 1.54) is 18.1 Å². The normalized spacial score (nSPS) is 12.6. The molecule has 0 aliphatic carbocycles. The van der Waals surface area contributed by atoms with Crippen molar-refractivity contribution < 1.29 is 27.7 Å². The van der Waals surface area contributed by atoms with Gasteiger partial charge in [0.25, 0.3) is 5.69 Å². The topological polar surface area (TPSA) is 139 Å². The van der Waals surface area contributed by atoms with Crippen LogP contribution in [0.4, 0.5) is 11.4 Å². The van der Waals surface area contributed by atoms with Crippen LogP contribution in [0, 0.1) is 10.1 Å². The van der Waals surface area contributed by atoms with Crippen LogP contribution in [0.3, 0.4) is 0 Å². The Morgan fingerprint density at radius 3 is 2.23 bits per heavy atom. The van der Waals surface area contributed by atoms with Crippen molar-refractivity contribution in [1.29, 1.82) is 0 Å². The molecule has 11 nitrogen and oxygen atoms in total. The molecule has 1 N–H and O–H groups in total. The molecule has 3 aromatic carbocycles. The van der Waals surface area contributed by atoms with Crippen LogP contribution in [0.2, 0.25) is 10.0 Å². The van der Waals surface area contributed by atoms with Gasteiger partial charge in [0, 0.05) is 46.7 Å². The monoisotopic (exact) mass is 664 g/mol. The molecular formula is C30H34Cl2N4O7S. The molecule has 0 heterocycles. The summed E-state index contributed by atoms with van der Waals surface area (Å²) in [6.07, 6.45) is 1.59. The number of hydrogen-bond acceptors (Lipinski definition) is 7. The van der Waals surface area contributed by atoms with Crippen LogP contribution < -0.4 is 14.4 Å². The largest absolute Gasteiger partial charge is 0.495 e. The van der Waals surface area contributed by atoms with E-state index in [-0.39, 0.29) is 40.5 Å². The first-order valence-corrected chi connectivity index (χ1v) is 16.2. The van der Waals surface area contributed by atoms with Gasteiger partial charge in [-0.15, -0.1) is 0 Å². The molecule has 0 saturated heterocycles. The van der Waals surface area contributed by atoms with Gasteiger partial charge in [0.15, 0.2) is 0 Å². The van der Waals surface area contributed by atoms with Crippen molar-refractivity contribution in [3.63, 3.8) is 0 Å². The third kappa shape index (κ3) is 8.84. The van der Waals surface area contributed by atoms with Crippen LogP contribution in [0.25, 0.3) is 0 Å². The van der Waals surface area contributed by atoms with Gasteiger partial charge in [-0.25, -0.2) is 8.42 Å². The van der Waals surface area contributed by atoms with Gasteiger partial charge >= 0.3 is 0 Å². The molecule has 0 spiro atoms. The zero-order valence-electron chi connectivity index (χ0n) is 24.7. The number of nitro groups is 1. The number of non-ortho nitro benzene ring substituents is 1. The number of carbonyl (C=O) groups is 2. The molecule has 0 bridgehead atoms. The Labute approximate surface area is 266 Å². The van der Waals surface area contributed by atoms with Gasteiger partial charge in [-0.05, 0) is 37.1 Å². The van der Waals surface area contributed by atoms with Crippen LogP contribution >= 0.6 is 23.2 Å². The van der Waals surface area contributed by atoms with Crippen molar-refractivity contribution in [3.8, 4) is 5.75 Å². The lowest BCUT2D eigenvalue weighted by Crippen LogP contribution is -2.54. The summed E-state index contributed by atoms with van der Waals surface area (Å²) >= 11 is 13.0. The number of nitro benzene ring substituents is 1. The third-order valence-corrected chi connectivity index (χ3v) is 8.82. The number of carbonyl (C=O) groups excluding carboxylic acids is 2. The maximum absolute atomic E-state index is 14.3. The first kappa shape index (κ1) is 34.6. The molecule has 0 aliphatic rings. The quantitative estimate of drug-likeness (QED) is 0.184. The van der Waals surface area contributed by atoms with E-state index in [2.05, 4.69) is 5.32 Å². The summed E-state index contributed by atoms with van der Waals surface area (Å²) in [6, 6.07) is 15.9. The van der Waals surface area contributed by atoms with E-state index in [0.717, 1.165) is 24.0 Å². The molecule has 44 heavy (non-hydrogen) atoms. The lowest BCUT2D eigenvalue weighted by molar-refractivity contribution is -0.384. The first-order valence-electron chi connectivity index (χ1n) is 13.6. The van der Waals surface area contributed by atoms with Crippen molar-refractivity contribution in [2.24, 2.45) is 0 Å². The number of sulfonamides is 1. The molecule has 3 aromatic rings. The summed E-state index contributed by atoms with van der Waals surface area (Å²) in [5, 5.41) is 14.9. The molecule has 3 rings (SSSR count). The maximum atomic E-state index is 14.3. The highest BCUT2D eigenvalue weighted by atomic mass is 35.5. The second-order valence-electron chi connectivity index (χ2n) is 10.1. The summed E-state index contributed by atoms with van der Waals surface area (Å²) in [5.74, 6) is -1.25. The zero-order valence-corrected chi connectivity index (χ0v) is 27.0. The second-order valence-corrected chi connectivity index (χ2v) is 12.8. The van der Waals surface area contributed by atoms with E-state index in [0.29, 0.717) is 16.3 Å². The van der Waals surface area contributed by atoms with Gasteiger partial charge < -0.3 is 15.0 Å². The average molecular weight is 666 g/mol. The van der Waals surface area contributed by atoms with Crippen LogP contribution in [-0.2, 0) is 32.6 Å². The predicted molar refractivity (Wildman–Crippen MR) is 171 cm³/mol. The minimum Gasteiger partial charge on any atom is -0.495 e. The minimum atomic E-state index is -4.21. The Bertz CT molecular complexity index is 1590. The molecular weight excluding hydrogens is 631 g/mol. The SMILES string of the molecule is CC[C@H](C)NC(=O)[C@@H](Cc1ccccc1)N(Cc1c(Cl)cccc1Cl)C(=O)CN(c1cc([N+](=O)[O-])ccc1OC)S(C)(=O)=O. The fourth-order valence-electron chi connectivity index (χ4n) is 4.43. The number of ether oxygens (including phenoxy) is 1. The number of rotatable bonds is 14. The molecule has 2 amide bonds. The van der Waals surface area contributed by atoms with Crippen molar-refractivity contribution >= 4 is 56.4 Å². The van der Waals surface area contributed by atoms with Gasteiger partial charge in [-0.3, -0.25) is 24.0 Å². The number of nitrogens with one attached hydrogen (secondary N) is 1. The van der Waals surface area contributed by atoms with Crippen molar-refractivity contribution in [2.45, 2.75) is 45.3 Å². The van der Waals surface area contributed by atoms with Crippen LogP contribution in [0.1, 0.15) is 31.4 Å². The molecule has 0 radical (unpaired) electrons. The maximum Gasteiger partial charge on any atom is 0.271 e. The molecule has 2 atom stereocenters. The molecule has 236 valence electrons. The Balaban J connectivity index is 2.18. The zero-order chi connectivity index (χ0) is 32.6. The number of amides is 2. The standard InChI is InChI=1S/C30H34Cl2N4O7S/c1-5-20(2)33-30(38)27(16-21-10-7-6-8-11-21)34(18-23-24(31)12-9-13-25(23)32)29(37)19-35(44(4,41)42)26-17-22(36(39)40)14-15-28(26)43-3/h6-15,17,20,27H,5,16,18-19H2,1-4H3,(H,33,38)/t20-,27+/m0/s1. The van der Waals surface area contributed by atoms with Crippen LogP contribution in [0.15, 0.2) is 66.7 Å². The Morgan fingerprint density at radius 1 is 1.05 bits per heavy atom. The van der Waals surface area contributed by atoms with Gasteiger partial charge in [0.05, 0.1) is 18.3 Å². The fourth-order valence-corrected chi connectivity index (χ4v) is 5.79. The van der Waals surface area contributed by atoms with E-state index in [1.807, 2.05) is 32.0 Å². The fraction of sp³-hybridized carbons (Fsp3) is 0.333. The smallest absolute Gasteiger partial charge is 0.271 e. The number of anilines is 1. The molecule has 0 unspecified atom stereocenters. The molecule has 14 heteroatoms. The summed E-state index contributed by atoms with van der Waals surface area (Å²) < 4.78 is 32.2. The number of halogens is 2. The van der Waals surface area contributed by atoms with Crippen molar-refractivity contribution in [1.82, 2.24) is 10.2 Å². The van der Waals surface area contributed by atoms with Gasteiger partial charge in [-0.1, -0.05) is 66.5 Å². The highest BCUT2D eigenvalue weighted by Crippen LogP contribution is 2.34. The molecule has 0 saturated carbocycles. The van der Waals surface area contributed by atoms with E-state index in [4.69, 9.17) is 27.9 Å². The summed E-state index contributed by atoms with van der Waals surface area (Å²) in [6.45, 7) is 2.70. The summed E-state index contributed by atoms with van der Waals surface area (Å²) in [5.41, 5.74) is 0.492. The average Bonchev–Trinajstić information content (AvgIpc) is 2.98. The summed E-state index contributed by atoms with van der Waals surface area (Å²) in [7, 11) is -2.94. The molecule has 0 aliphatic heterocycles. The lowest BCUT2D eigenvalue weighted by atomic mass is 10.0. The third-order valence-electron chi connectivity index (χ3n) is 6.98. The number of methoxy groups -OCH3 is 1. The Kier molecular flexibility index (Phi) is 12.0. The molecule has 0 aromatic heterocycles. The van der Waals surface area contributed by atoms with E-state index >= 15 is 0 Å². The van der Waals surface area contributed by atoms with E-state index < -0.39 is 45.0 Å². The summed E-state index contributed by atoms with van der Waals surface area (Å²) in [4.78, 5) is 40.2. The van der Waals surface area contributed by atoms with Crippen LogP contribution in [-0.4, -0.2) is 62.0 Å². The first-order chi connectivity index (χ1) is 20.8. The van der Waals surface area contributed by atoms with E-state index in [1.54, 1.807) is 30.3 Å². The van der Waals surface area contributed by atoms with Crippen molar-refractivity contribution in [2.75, 3.05) is 24.2 Å². The van der Waals surface area contributed by atoms with Crippen LogP contribution in [0.5, 0.6) is 5.75 Å². The van der Waals surface area contributed by atoms with Gasteiger partial charge in [0.2, 0.25) is 21.8 Å². The number of nitrogens with zero attached hydrogens (tertiary/aromatic N) is 3. The Morgan fingerprint density at radius 2 is 1.68 bits per heavy atom.